The minimum absolute atomic E-state index is 0.0163. The first-order valence-electron chi connectivity index (χ1n) is 21.2. The lowest BCUT2D eigenvalue weighted by atomic mass is 9.64. The molecule has 324 valence electrons. The molecule has 0 amide bonds. The Hall–Kier alpha value is -6.22. The smallest absolute Gasteiger partial charge is 0.338 e. The highest BCUT2D eigenvalue weighted by Gasteiger charge is 2.39. The quantitative estimate of drug-likeness (QED) is 0.0607. The van der Waals surface area contributed by atoms with Crippen LogP contribution in [0.2, 0.25) is 0 Å². The fourth-order valence-electron chi connectivity index (χ4n) is 7.70. The van der Waals surface area contributed by atoms with E-state index in [-0.39, 0.29) is 34.0 Å². The topological polar surface area (TPSA) is 102 Å². The van der Waals surface area contributed by atoms with E-state index in [9.17, 15) is 9.59 Å². The molecule has 1 aromatic heterocycles. The Kier molecular flexibility index (Phi) is 13.5. The maximum absolute atomic E-state index is 12.2. The Balaban J connectivity index is 1.24. The van der Waals surface area contributed by atoms with E-state index >= 15 is 0 Å². The fraction of sp³-hybridized carbons (Fsp3) is 0.358. The molecule has 0 saturated carbocycles. The normalized spacial score (nSPS) is 12.2. The van der Waals surface area contributed by atoms with Crippen LogP contribution in [0.4, 0.5) is 0 Å². The summed E-state index contributed by atoms with van der Waals surface area (Å²) >= 11 is 0. The van der Waals surface area contributed by atoms with Gasteiger partial charge < -0.3 is 18.9 Å². The van der Waals surface area contributed by atoms with Gasteiger partial charge in [0.05, 0.1) is 43.6 Å². The summed E-state index contributed by atoms with van der Waals surface area (Å²) < 4.78 is 23.6. The number of hydrogen-bond donors (Lipinski definition) is 0. The number of methoxy groups -OCH3 is 2. The summed E-state index contributed by atoms with van der Waals surface area (Å²) in [6.07, 6.45) is 2.45. The highest BCUT2D eigenvalue weighted by Crippen LogP contribution is 2.47. The molecule has 0 fully saturated rings. The summed E-state index contributed by atoms with van der Waals surface area (Å²) in [5, 5.41) is 8.63. The van der Waals surface area contributed by atoms with Crippen molar-refractivity contribution in [3.8, 4) is 11.5 Å². The van der Waals surface area contributed by atoms with E-state index in [1.165, 1.54) is 65.8 Å². The molecule has 0 bridgehead atoms. The molecule has 0 N–H and O–H groups in total. The summed E-state index contributed by atoms with van der Waals surface area (Å²) in [5.41, 5.74) is 9.06. The third-order valence-corrected chi connectivity index (χ3v) is 11.4. The van der Waals surface area contributed by atoms with Crippen LogP contribution in [0.15, 0.2) is 121 Å². The van der Waals surface area contributed by atoms with E-state index < -0.39 is 17.4 Å². The van der Waals surface area contributed by atoms with E-state index in [2.05, 4.69) is 158 Å². The molecular weight excluding hydrogens is 775 g/mol. The number of benzene rings is 5. The number of esters is 2. The van der Waals surface area contributed by atoms with Gasteiger partial charge >= 0.3 is 11.9 Å². The van der Waals surface area contributed by atoms with Crippen LogP contribution in [0.25, 0.3) is 0 Å². The van der Waals surface area contributed by atoms with Gasteiger partial charge in [-0.3, -0.25) is 4.68 Å². The SMILES string of the molecule is COC(=O)c1cc(OCCCn2cc(COc3ccc(C(c4ccc(C(C)(C)C)cc4)(c4ccc(C(C)(C)C)cc4)c4ccc(C(C)(C)C)cc4)cc3)nn2)cc(C(=O)OC)c1. The lowest BCUT2D eigenvalue weighted by molar-refractivity contribution is 0.0598. The standard InChI is InChI=1S/C53H61N3O6/c1-50(2,3)38-13-19-41(20-14-38)53(42-21-15-39(16-22-42)51(4,5)6,43-23-17-40(18-24-43)52(7,8)9)44-25-27-46(28-26-44)62-35-45-34-56(55-54-45)29-12-30-61-47-32-36(48(57)59-10)31-37(33-47)49(58)60-11/h13-28,31-34H,12,29-30,35H2,1-11H3. The molecule has 6 rings (SSSR count). The molecule has 1 heterocycles. The molecule has 6 aromatic rings. The summed E-state index contributed by atoms with van der Waals surface area (Å²) in [5.74, 6) is -0.0691. The monoisotopic (exact) mass is 835 g/mol. The first-order chi connectivity index (χ1) is 29.3. The van der Waals surface area contributed by atoms with Crippen molar-refractivity contribution in [1.82, 2.24) is 15.0 Å². The number of rotatable bonds is 14. The number of carbonyl (C=O) groups excluding carboxylic acids is 2. The summed E-state index contributed by atoms with van der Waals surface area (Å²) in [7, 11) is 2.56. The predicted octanol–water partition coefficient (Wildman–Crippen LogP) is 11.2. The Morgan fingerprint density at radius 1 is 0.516 bits per heavy atom. The predicted molar refractivity (Wildman–Crippen MR) is 244 cm³/mol. The number of hydrogen-bond acceptors (Lipinski definition) is 8. The average Bonchev–Trinajstić information content (AvgIpc) is 3.71. The second-order valence-electron chi connectivity index (χ2n) is 18.9. The average molecular weight is 836 g/mol. The number of carbonyl (C=O) groups is 2. The zero-order chi connectivity index (χ0) is 44.9. The van der Waals surface area contributed by atoms with Crippen molar-refractivity contribution in [3.05, 3.63) is 177 Å². The van der Waals surface area contributed by atoms with Crippen molar-refractivity contribution in [3.63, 3.8) is 0 Å². The molecule has 5 aromatic carbocycles. The third-order valence-electron chi connectivity index (χ3n) is 11.4. The van der Waals surface area contributed by atoms with Crippen molar-refractivity contribution >= 4 is 11.9 Å². The van der Waals surface area contributed by atoms with Crippen LogP contribution in [0, 0.1) is 0 Å². The van der Waals surface area contributed by atoms with Gasteiger partial charge in [-0.15, -0.1) is 5.10 Å². The van der Waals surface area contributed by atoms with Gasteiger partial charge in [0.25, 0.3) is 0 Å². The van der Waals surface area contributed by atoms with E-state index in [1.54, 1.807) is 4.68 Å². The second kappa shape index (κ2) is 18.4. The maximum Gasteiger partial charge on any atom is 0.338 e. The van der Waals surface area contributed by atoms with Gasteiger partial charge in [0, 0.05) is 13.0 Å². The van der Waals surface area contributed by atoms with E-state index in [1.807, 2.05) is 18.3 Å². The first kappa shape index (κ1) is 45.3. The van der Waals surface area contributed by atoms with Crippen LogP contribution in [0.1, 0.15) is 134 Å². The number of aryl methyl sites for hydroxylation is 1. The molecule has 0 radical (unpaired) electrons. The summed E-state index contributed by atoms with van der Waals surface area (Å²) in [4.78, 5) is 24.3. The molecule has 0 aliphatic heterocycles. The minimum Gasteiger partial charge on any atom is -0.493 e. The molecule has 0 aliphatic rings. The lowest BCUT2D eigenvalue weighted by Gasteiger charge is -2.38. The van der Waals surface area contributed by atoms with Gasteiger partial charge in [0.2, 0.25) is 0 Å². The fourth-order valence-corrected chi connectivity index (χ4v) is 7.70. The Labute approximate surface area is 367 Å². The van der Waals surface area contributed by atoms with Crippen LogP contribution >= 0.6 is 0 Å². The van der Waals surface area contributed by atoms with Crippen molar-refractivity contribution in [1.29, 1.82) is 0 Å². The van der Waals surface area contributed by atoms with Gasteiger partial charge in [0.15, 0.2) is 0 Å². The maximum atomic E-state index is 12.2. The van der Waals surface area contributed by atoms with Crippen molar-refractivity contribution in [2.45, 2.75) is 104 Å². The first-order valence-corrected chi connectivity index (χ1v) is 21.2. The van der Waals surface area contributed by atoms with Crippen molar-refractivity contribution in [2.75, 3.05) is 20.8 Å². The number of nitrogens with zero attached hydrogens (tertiary/aromatic N) is 3. The van der Waals surface area contributed by atoms with Crippen LogP contribution in [-0.4, -0.2) is 47.8 Å². The van der Waals surface area contributed by atoms with E-state index in [0.717, 1.165) is 11.3 Å². The third kappa shape index (κ3) is 10.3. The highest BCUT2D eigenvalue weighted by atomic mass is 16.5. The summed E-state index contributed by atoms with van der Waals surface area (Å²) in [6.45, 7) is 21.4. The van der Waals surface area contributed by atoms with Gasteiger partial charge in [-0.2, -0.15) is 0 Å². The lowest BCUT2D eigenvalue weighted by Crippen LogP contribution is -2.31. The van der Waals surface area contributed by atoms with Gasteiger partial charge in [0.1, 0.15) is 23.8 Å². The molecule has 62 heavy (non-hydrogen) atoms. The van der Waals surface area contributed by atoms with Crippen LogP contribution < -0.4 is 9.47 Å². The second-order valence-corrected chi connectivity index (χ2v) is 18.9. The van der Waals surface area contributed by atoms with E-state index in [0.29, 0.717) is 31.0 Å². The largest absolute Gasteiger partial charge is 0.493 e. The van der Waals surface area contributed by atoms with Crippen LogP contribution in [0.3, 0.4) is 0 Å². The zero-order valence-corrected chi connectivity index (χ0v) is 38.2. The zero-order valence-electron chi connectivity index (χ0n) is 38.2. The molecule has 0 aliphatic carbocycles. The summed E-state index contributed by atoms with van der Waals surface area (Å²) in [6, 6.07) is 40.5. The van der Waals surface area contributed by atoms with Crippen molar-refractivity contribution < 1.29 is 28.5 Å². The molecule has 0 spiro atoms. The molecular formula is C53H61N3O6. The molecule has 9 nitrogen and oxygen atoms in total. The Morgan fingerprint density at radius 2 is 0.903 bits per heavy atom. The molecule has 9 heteroatoms. The van der Waals surface area contributed by atoms with Crippen molar-refractivity contribution in [2.24, 2.45) is 0 Å². The van der Waals surface area contributed by atoms with Crippen LogP contribution in [-0.2, 0) is 44.3 Å². The Morgan fingerprint density at radius 3 is 1.29 bits per heavy atom. The highest BCUT2D eigenvalue weighted by molar-refractivity contribution is 5.96. The van der Waals surface area contributed by atoms with Gasteiger partial charge in [-0.05, 0) is 85.5 Å². The number of ether oxygens (including phenoxy) is 4. The van der Waals surface area contributed by atoms with E-state index in [4.69, 9.17) is 18.9 Å². The number of aromatic nitrogens is 3. The molecule has 0 atom stereocenters. The van der Waals surface area contributed by atoms with Crippen LogP contribution in [0.5, 0.6) is 11.5 Å². The Bertz CT molecular complexity index is 2270. The minimum atomic E-state index is -0.623. The molecule has 0 saturated heterocycles. The van der Waals surface area contributed by atoms with Gasteiger partial charge in [-0.25, -0.2) is 9.59 Å². The van der Waals surface area contributed by atoms with Gasteiger partial charge in [-0.1, -0.05) is 152 Å². The molecule has 0 unspecified atom stereocenters.